The van der Waals surface area contributed by atoms with Crippen molar-refractivity contribution in [2.45, 2.75) is 245 Å². The van der Waals surface area contributed by atoms with Crippen molar-refractivity contribution >= 4 is 20.2 Å². The Morgan fingerprint density at radius 2 is 1.49 bits per heavy atom. The van der Waals surface area contributed by atoms with Gasteiger partial charge in [0.05, 0.1) is 61.0 Å². The Morgan fingerprint density at radius 3 is 2.23 bits per heavy atom. The van der Waals surface area contributed by atoms with E-state index >= 15 is 0 Å². The number of alkyl carbamates (subject to hydrolysis) is 1. The Kier molecular flexibility index (Phi) is 14.7. The summed E-state index contributed by atoms with van der Waals surface area (Å²) in [5.41, 5.74) is 6.31. The summed E-state index contributed by atoms with van der Waals surface area (Å²) in [5, 5.41) is 2.99. The topological polar surface area (TPSA) is 148 Å². The Bertz CT molecular complexity index is 2520. The van der Waals surface area contributed by atoms with Crippen LogP contribution in [-0.2, 0) is 56.6 Å². The molecule has 12 bridgehead atoms. The number of carbonyl (C=O) groups excluding carboxylic acids is 2. The van der Waals surface area contributed by atoms with Gasteiger partial charge >= 0.3 is 6.09 Å². The molecule has 11 aliphatic rings. The molecule has 0 radical (unpaired) electrons. The van der Waals surface area contributed by atoms with Gasteiger partial charge in [0.25, 0.3) is 0 Å². The van der Waals surface area contributed by atoms with E-state index in [1.807, 2.05) is 24.3 Å². The summed E-state index contributed by atoms with van der Waals surface area (Å²) in [7, 11) is -0.685. The maximum atomic E-state index is 14.8. The van der Waals surface area contributed by atoms with Crippen molar-refractivity contribution in [2.24, 2.45) is 11.8 Å². The molecule has 0 saturated carbocycles. The van der Waals surface area contributed by atoms with Crippen molar-refractivity contribution < 1.29 is 61.4 Å². The molecule has 1 N–H and O–H groups in total. The average Bonchev–Trinajstić information content (AvgIpc) is 4.31. The number of ether oxygens (including phenoxy) is 10. The van der Waals surface area contributed by atoms with Gasteiger partial charge in [-0.2, -0.15) is 0 Å². The standard InChI is InChI=1S/C62H85NO13Si/c1-34-25-38-19-21-48-35(2)26-40(68-48)23-24-62-33-61(7)58(75-62)57-56(73-61)55(74-62)54-49(72-57)22-20-39(70-54)27-37(64)28-46-51(30-50(69-38)36(34)3)71-52(53(46)66-8)29-41(76-77(9,10)60(4,5)6)31-63-59(65)67-32-47-44-17-13-11-15-42(44)43-16-12-14-18-45(43)47/h11-18,34,38-41,46-58H,2-3,19-33H2,1,4-10H3,(H,63,65)/t34-,38+,39?,40+,41+,46+,48?,49?,50?,51+,52-,53-,54?,55+,56+,57-,58?,61+,62-/m1/s1. The number of hydrogen-bond donors (Lipinski definition) is 1. The lowest BCUT2D eigenvalue weighted by molar-refractivity contribution is -0.294. The van der Waals surface area contributed by atoms with Crippen molar-refractivity contribution in [2.75, 3.05) is 20.3 Å². The third-order valence-corrected chi connectivity index (χ3v) is 24.7. The highest BCUT2D eigenvalue weighted by atomic mass is 28.4. The van der Waals surface area contributed by atoms with Gasteiger partial charge in [0, 0.05) is 64.0 Å². The molecule has 15 heteroatoms. The average molecular weight is 1080 g/mol. The second-order valence-corrected chi connectivity index (χ2v) is 31.2. The number of Topliss-reactive ketones (excluding diaryl/α,β-unsaturated/α-hetero) is 1. The highest BCUT2D eigenvalue weighted by molar-refractivity contribution is 6.74. The Hall–Kier alpha value is -3.32. The third kappa shape index (κ3) is 10.3. The Morgan fingerprint density at radius 1 is 0.792 bits per heavy atom. The van der Waals surface area contributed by atoms with Gasteiger partial charge in [0.15, 0.2) is 14.1 Å². The molecule has 1 aliphatic carbocycles. The summed E-state index contributed by atoms with van der Waals surface area (Å²) in [6.45, 7) is 25.1. The number of carbonyl (C=O) groups is 2. The Labute approximate surface area is 457 Å². The molecule has 10 heterocycles. The van der Waals surface area contributed by atoms with Crippen molar-refractivity contribution in [1.29, 1.82) is 0 Å². The molecule has 13 rings (SSSR count). The molecule has 10 fully saturated rings. The van der Waals surface area contributed by atoms with Gasteiger partial charge in [-0.3, -0.25) is 4.79 Å². The molecule has 19 atom stereocenters. The molecular formula is C62H85NO13Si. The largest absolute Gasteiger partial charge is 0.449 e. The zero-order valence-electron chi connectivity index (χ0n) is 46.8. The molecule has 6 unspecified atom stereocenters. The van der Waals surface area contributed by atoms with Gasteiger partial charge in [-0.25, -0.2) is 4.79 Å². The van der Waals surface area contributed by atoms with E-state index in [-0.39, 0.29) is 110 Å². The maximum absolute atomic E-state index is 14.8. The quantitative estimate of drug-likeness (QED) is 0.188. The van der Waals surface area contributed by atoms with Crippen LogP contribution in [0.5, 0.6) is 0 Å². The van der Waals surface area contributed by atoms with E-state index in [0.717, 1.165) is 60.8 Å². The van der Waals surface area contributed by atoms with E-state index in [9.17, 15) is 9.59 Å². The number of nitrogens with one attached hydrogen (secondary N) is 1. The molecule has 1 amide bonds. The van der Waals surface area contributed by atoms with Crippen LogP contribution in [0.2, 0.25) is 18.1 Å². The predicted octanol–water partition coefficient (Wildman–Crippen LogP) is 10.4. The van der Waals surface area contributed by atoms with E-state index in [2.05, 4.69) is 90.5 Å². The van der Waals surface area contributed by atoms with Gasteiger partial charge in [-0.1, -0.05) is 89.4 Å². The summed E-state index contributed by atoms with van der Waals surface area (Å²) >= 11 is 0. The van der Waals surface area contributed by atoms with Crippen LogP contribution in [0.3, 0.4) is 0 Å². The fraction of sp³-hybridized carbons (Fsp3) is 0.710. The first-order valence-corrected chi connectivity index (χ1v) is 32.2. The number of hydrogen-bond acceptors (Lipinski definition) is 13. The van der Waals surface area contributed by atoms with Crippen molar-refractivity contribution in [3.05, 3.63) is 84.0 Å². The second-order valence-electron chi connectivity index (χ2n) is 26.4. The summed E-state index contributed by atoms with van der Waals surface area (Å²) in [5.74, 6) is -0.891. The molecule has 420 valence electrons. The summed E-state index contributed by atoms with van der Waals surface area (Å²) < 4.78 is 75.7. The number of fused-ring (bicyclic) bond motifs is 9. The fourth-order valence-corrected chi connectivity index (χ4v) is 16.6. The molecule has 14 nitrogen and oxygen atoms in total. The monoisotopic (exact) mass is 1080 g/mol. The molecule has 10 saturated heterocycles. The van der Waals surface area contributed by atoms with Crippen LogP contribution in [0.15, 0.2) is 72.8 Å². The van der Waals surface area contributed by atoms with Crippen LogP contribution in [0.1, 0.15) is 135 Å². The minimum atomic E-state index is -2.40. The predicted molar refractivity (Wildman–Crippen MR) is 291 cm³/mol. The first-order chi connectivity index (χ1) is 36.8. The fourth-order valence-electron chi connectivity index (χ4n) is 15.2. The molecule has 2 aromatic carbocycles. The smallest absolute Gasteiger partial charge is 0.407 e. The first-order valence-electron chi connectivity index (χ1n) is 29.3. The summed E-state index contributed by atoms with van der Waals surface area (Å²) in [4.78, 5) is 28.6. The van der Waals surface area contributed by atoms with E-state index in [1.165, 1.54) is 11.1 Å². The Balaban J connectivity index is 0.792. The SMILES string of the molecule is C=C1C[C@@H]2CC[C@@]34C[C@]5(C)O[C@H]6[C@@H](O3)C3OC(CCC3O[C@H]6C5O4)CC(=O)C[C@@H]3[C@@H](OC)[C@@H](C[C@@H](CNC(=O)OCC4c5ccccc5-c5ccccc54)O[Si](C)(C)C(C)(C)C)O[C@H]3CC3O[C@@H](CCC1O2)C[C@@H](C)C3=C. The summed E-state index contributed by atoms with van der Waals surface area (Å²) in [6, 6.07) is 16.7. The van der Waals surface area contributed by atoms with Crippen LogP contribution in [0.25, 0.3) is 11.1 Å². The van der Waals surface area contributed by atoms with Gasteiger partial charge in [-0.15, -0.1) is 0 Å². The molecule has 10 aliphatic heterocycles. The third-order valence-electron chi connectivity index (χ3n) is 20.2. The lowest BCUT2D eigenvalue weighted by atomic mass is 9.81. The van der Waals surface area contributed by atoms with Crippen molar-refractivity contribution in [1.82, 2.24) is 5.32 Å². The first kappa shape index (κ1) is 54.3. The van der Waals surface area contributed by atoms with Gasteiger partial charge in [0.1, 0.15) is 48.5 Å². The number of ketones is 1. The molecule has 77 heavy (non-hydrogen) atoms. The lowest BCUT2D eigenvalue weighted by Crippen LogP contribution is -2.61. The van der Waals surface area contributed by atoms with Crippen molar-refractivity contribution in [3.8, 4) is 11.1 Å². The van der Waals surface area contributed by atoms with E-state index in [0.29, 0.717) is 32.1 Å². The normalized spacial score (nSPS) is 41.1. The molecule has 1 spiro atoms. The highest BCUT2D eigenvalue weighted by Gasteiger charge is 2.73. The number of amides is 1. The van der Waals surface area contributed by atoms with Gasteiger partial charge in [0.2, 0.25) is 0 Å². The zero-order chi connectivity index (χ0) is 53.8. The van der Waals surface area contributed by atoms with Crippen LogP contribution < -0.4 is 5.32 Å². The second kappa shape index (κ2) is 20.9. The van der Waals surface area contributed by atoms with Crippen LogP contribution in [0, 0.1) is 11.8 Å². The van der Waals surface area contributed by atoms with Crippen molar-refractivity contribution in [3.63, 3.8) is 0 Å². The van der Waals surface area contributed by atoms with Gasteiger partial charge in [-0.05, 0) is 109 Å². The highest BCUT2D eigenvalue weighted by Crippen LogP contribution is 2.59. The van der Waals surface area contributed by atoms with Crippen LogP contribution >= 0.6 is 0 Å². The molecule has 0 aromatic heterocycles. The minimum Gasteiger partial charge on any atom is -0.449 e. The molecule has 2 aromatic rings. The number of benzene rings is 2. The van der Waals surface area contributed by atoms with E-state index < -0.39 is 62.4 Å². The van der Waals surface area contributed by atoms with E-state index in [1.54, 1.807) is 7.11 Å². The van der Waals surface area contributed by atoms with Gasteiger partial charge < -0.3 is 57.1 Å². The number of methoxy groups -OCH3 is 1. The number of rotatable bonds is 9. The van der Waals surface area contributed by atoms with Crippen LogP contribution in [0.4, 0.5) is 4.79 Å². The molecular weight excluding hydrogens is 995 g/mol. The van der Waals surface area contributed by atoms with Crippen LogP contribution in [-0.4, -0.2) is 143 Å². The summed E-state index contributed by atoms with van der Waals surface area (Å²) in [6.07, 6.45) is 3.56. The lowest BCUT2D eigenvalue weighted by Gasteiger charge is -2.47. The minimum absolute atomic E-state index is 0.00759. The maximum Gasteiger partial charge on any atom is 0.407 e. The van der Waals surface area contributed by atoms with E-state index in [4.69, 9.17) is 51.8 Å². The zero-order valence-corrected chi connectivity index (χ0v) is 47.8.